The summed E-state index contributed by atoms with van der Waals surface area (Å²) in [5, 5.41) is 2.63. The molecule has 1 saturated heterocycles. The van der Waals surface area contributed by atoms with Crippen LogP contribution in [0.3, 0.4) is 0 Å². The molecule has 3 N–H and O–H groups in total. The number of hydrogen-bond donors (Lipinski definition) is 2. The van der Waals surface area contributed by atoms with Gasteiger partial charge in [-0.05, 0) is 49.8 Å². The molecule has 0 saturated carbocycles. The molecule has 0 aromatic heterocycles. The van der Waals surface area contributed by atoms with Crippen molar-refractivity contribution in [2.45, 2.75) is 62.8 Å². The fraction of sp³-hybridized carbons (Fsp3) is 0.500. The second-order valence-corrected chi connectivity index (χ2v) is 10.1. The Morgan fingerprint density at radius 2 is 1.71 bits per heavy atom. The zero-order chi connectivity index (χ0) is 25.0. The summed E-state index contributed by atoms with van der Waals surface area (Å²) >= 11 is 1.51. The van der Waals surface area contributed by atoms with Crippen LogP contribution in [0.25, 0.3) is 0 Å². The molecule has 1 fully saturated rings. The third-order valence-electron chi connectivity index (χ3n) is 6.81. The summed E-state index contributed by atoms with van der Waals surface area (Å²) in [5.74, 6) is 0.117. The van der Waals surface area contributed by atoms with Crippen LogP contribution in [0.1, 0.15) is 62.2 Å². The number of para-hydroxylation sites is 1. The van der Waals surface area contributed by atoms with Crippen LogP contribution in [-0.2, 0) is 0 Å². The number of anilines is 2. The number of piperazine rings is 1. The van der Waals surface area contributed by atoms with Gasteiger partial charge in [0.1, 0.15) is 0 Å². The fourth-order valence-electron chi connectivity index (χ4n) is 4.86. The van der Waals surface area contributed by atoms with Gasteiger partial charge in [-0.1, -0.05) is 50.5 Å². The number of thioether (sulfide) groups is 1. The predicted octanol–water partition coefficient (Wildman–Crippen LogP) is 6.02. The Morgan fingerprint density at radius 3 is 2.37 bits per heavy atom. The molecule has 1 unspecified atom stereocenters. The van der Waals surface area contributed by atoms with E-state index in [1.54, 1.807) is 6.07 Å². The smallest absolute Gasteiger partial charge is 0.316 e. The van der Waals surface area contributed by atoms with Crippen molar-refractivity contribution in [2.24, 2.45) is 5.73 Å². The van der Waals surface area contributed by atoms with Gasteiger partial charge in [-0.25, -0.2) is 4.79 Å². The van der Waals surface area contributed by atoms with Gasteiger partial charge in [-0.3, -0.25) is 9.69 Å². The number of nitrogens with one attached hydrogen (secondary N) is 1. The van der Waals surface area contributed by atoms with Crippen LogP contribution < -0.4 is 16.0 Å². The Bertz CT molecular complexity index is 945. The number of urea groups is 1. The number of hydrogen-bond acceptors (Lipinski definition) is 5. The van der Waals surface area contributed by atoms with E-state index in [9.17, 15) is 9.59 Å². The lowest BCUT2D eigenvalue weighted by molar-refractivity contribution is 0.0976. The number of amides is 2. The highest BCUT2D eigenvalue weighted by Crippen LogP contribution is 2.27. The minimum absolute atomic E-state index is 0.117. The zero-order valence-electron chi connectivity index (χ0n) is 21.2. The average Bonchev–Trinajstić information content (AvgIpc) is 2.88. The van der Waals surface area contributed by atoms with Crippen LogP contribution in [0.2, 0.25) is 0 Å². The van der Waals surface area contributed by atoms with Crippen molar-refractivity contribution in [2.75, 3.05) is 42.7 Å². The number of Topliss-reactive ketones (excluding diaryl/α,β-unsaturated/α-hetero) is 1. The molecule has 190 valence electrons. The topological polar surface area (TPSA) is 78.7 Å². The van der Waals surface area contributed by atoms with Gasteiger partial charge < -0.3 is 16.0 Å². The highest BCUT2D eigenvalue weighted by atomic mass is 32.2. The summed E-state index contributed by atoms with van der Waals surface area (Å²) in [6.45, 7) is 6.59. The molecule has 7 heteroatoms. The maximum Gasteiger partial charge on any atom is 0.316 e. The molecule has 6 nitrogen and oxygen atoms in total. The molecule has 0 radical (unpaired) electrons. The Hall–Kier alpha value is -2.51. The van der Waals surface area contributed by atoms with Gasteiger partial charge in [0, 0.05) is 54.8 Å². The lowest BCUT2D eigenvalue weighted by Gasteiger charge is -2.40. The van der Waals surface area contributed by atoms with Crippen LogP contribution in [0.4, 0.5) is 16.2 Å². The summed E-state index contributed by atoms with van der Waals surface area (Å²) in [6.07, 6.45) is 9.22. The minimum Gasteiger partial charge on any atom is -0.369 e. The summed E-state index contributed by atoms with van der Waals surface area (Å²) < 4.78 is 0. The SMILES string of the molecule is CCCCC(CCCCC(=O)c1ccc(SC)c(NC(N)=O)c1)N1CCN(c2ccccc2)CC1. The van der Waals surface area contributed by atoms with E-state index in [1.807, 2.05) is 18.4 Å². The van der Waals surface area contributed by atoms with E-state index in [1.165, 1.54) is 36.7 Å². The van der Waals surface area contributed by atoms with Crippen molar-refractivity contribution in [1.82, 2.24) is 4.90 Å². The van der Waals surface area contributed by atoms with E-state index in [-0.39, 0.29) is 5.78 Å². The van der Waals surface area contributed by atoms with Gasteiger partial charge in [0.2, 0.25) is 0 Å². The first kappa shape index (κ1) is 27.1. The Labute approximate surface area is 214 Å². The predicted molar refractivity (Wildman–Crippen MR) is 148 cm³/mol. The summed E-state index contributed by atoms with van der Waals surface area (Å²) in [6, 6.07) is 16.1. The van der Waals surface area contributed by atoms with E-state index >= 15 is 0 Å². The first-order valence-electron chi connectivity index (χ1n) is 12.8. The van der Waals surface area contributed by atoms with Crippen LogP contribution in [0.15, 0.2) is 53.4 Å². The Balaban J connectivity index is 1.48. The standard InChI is InChI=1S/C28H40N4O2S/c1-3-4-10-23(31-17-19-32(20-18-31)24-11-6-5-7-12-24)13-8-9-14-26(33)22-15-16-27(35-2)25(21-22)30-28(29)34/h5-7,11-12,15-16,21,23H,3-4,8-10,13-14,17-20H2,1-2H3,(H3,29,30,34). The maximum absolute atomic E-state index is 12.8. The molecule has 2 amide bonds. The molecule has 1 atom stereocenters. The number of carbonyl (C=O) groups is 2. The molecular weight excluding hydrogens is 456 g/mol. The zero-order valence-corrected chi connectivity index (χ0v) is 22.0. The number of carbonyl (C=O) groups excluding carboxylic acids is 2. The number of benzene rings is 2. The fourth-order valence-corrected chi connectivity index (χ4v) is 5.39. The van der Waals surface area contributed by atoms with Gasteiger partial charge in [0.25, 0.3) is 0 Å². The number of primary amides is 1. The first-order chi connectivity index (χ1) is 17.0. The molecule has 3 rings (SSSR count). The molecular formula is C28H40N4O2S. The second kappa shape index (κ2) is 14.1. The third-order valence-corrected chi connectivity index (χ3v) is 7.61. The van der Waals surface area contributed by atoms with Crippen molar-refractivity contribution in [3.05, 3.63) is 54.1 Å². The number of ketones is 1. The van der Waals surface area contributed by atoms with E-state index in [0.29, 0.717) is 23.7 Å². The maximum atomic E-state index is 12.8. The minimum atomic E-state index is -0.618. The molecule has 35 heavy (non-hydrogen) atoms. The lowest BCUT2D eigenvalue weighted by Crippen LogP contribution is -2.50. The van der Waals surface area contributed by atoms with E-state index in [0.717, 1.165) is 50.3 Å². The monoisotopic (exact) mass is 496 g/mol. The summed E-state index contributed by atoms with van der Waals surface area (Å²) in [5.41, 5.74) is 7.83. The second-order valence-electron chi connectivity index (χ2n) is 9.23. The van der Waals surface area contributed by atoms with Crippen molar-refractivity contribution in [1.29, 1.82) is 0 Å². The van der Waals surface area contributed by atoms with Crippen LogP contribution >= 0.6 is 11.8 Å². The van der Waals surface area contributed by atoms with Crippen molar-refractivity contribution in [3.63, 3.8) is 0 Å². The number of nitrogens with zero attached hydrogens (tertiary/aromatic N) is 2. The highest BCUT2D eigenvalue weighted by Gasteiger charge is 2.23. The number of rotatable bonds is 13. The summed E-state index contributed by atoms with van der Waals surface area (Å²) in [7, 11) is 0. The Kier molecular flexibility index (Phi) is 10.9. The van der Waals surface area contributed by atoms with Crippen LogP contribution in [0.5, 0.6) is 0 Å². The first-order valence-corrected chi connectivity index (χ1v) is 14.1. The average molecular weight is 497 g/mol. The van der Waals surface area contributed by atoms with Gasteiger partial charge in [0.15, 0.2) is 5.78 Å². The van der Waals surface area contributed by atoms with Gasteiger partial charge in [-0.15, -0.1) is 11.8 Å². The third kappa shape index (κ3) is 8.29. The highest BCUT2D eigenvalue weighted by molar-refractivity contribution is 7.98. The van der Waals surface area contributed by atoms with Crippen molar-refractivity contribution >= 4 is 35.0 Å². The lowest BCUT2D eigenvalue weighted by atomic mass is 9.98. The molecule has 1 aliphatic rings. The molecule has 0 bridgehead atoms. The van der Waals surface area contributed by atoms with E-state index in [4.69, 9.17) is 5.73 Å². The Morgan fingerprint density at radius 1 is 1.00 bits per heavy atom. The van der Waals surface area contributed by atoms with Crippen LogP contribution in [0, 0.1) is 0 Å². The van der Waals surface area contributed by atoms with E-state index in [2.05, 4.69) is 52.4 Å². The van der Waals surface area contributed by atoms with Gasteiger partial charge in [-0.2, -0.15) is 0 Å². The molecule has 1 heterocycles. The largest absolute Gasteiger partial charge is 0.369 e. The van der Waals surface area contributed by atoms with Crippen molar-refractivity contribution in [3.8, 4) is 0 Å². The molecule has 2 aromatic carbocycles. The number of nitrogens with two attached hydrogens (primary N) is 1. The van der Waals surface area contributed by atoms with E-state index < -0.39 is 6.03 Å². The summed E-state index contributed by atoms with van der Waals surface area (Å²) in [4.78, 5) is 30.1. The molecule has 0 spiro atoms. The van der Waals surface area contributed by atoms with Gasteiger partial charge in [0.05, 0.1) is 5.69 Å². The molecule has 2 aromatic rings. The quantitative estimate of drug-likeness (QED) is 0.201. The van der Waals surface area contributed by atoms with Crippen LogP contribution in [-0.4, -0.2) is 55.2 Å². The van der Waals surface area contributed by atoms with Gasteiger partial charge >= 0.3 is 6.03 Å². The molecule has 0 aliphatic carbocycles. The molecule has 1 aliphatic heterocycles. The normalized spacial score (nSPS) is 15.1. The van der Waals surface area contributed by atoms with Crippen molar-refractivity contribution < 1.29 is 9.59 Å². The number of unbranched alkanes of at least 4 members (excludes halogenated alkanes) is 2.